The summed E-state index contributed by atoms with van der Waals surface area (Å²) in [6, 6.07) is 8.52. The maximum atomic E-state index is 14.0. The number of hydrogen-bond donors (Lipinski definition) is 0. The lowest BCUT2D eigenvalue weighted by Crippen LogP contribution is -2.41. The van der Waals surface area contributed by atoms with E-state index in [2.05, 4.69) is 55.2 Å². The van der Waals surface area contributed by atoms with E-state index in [0.717, 1.165) is 46.9 Å². The van der Waals surface area contributed by atoms with Gasteiger partial charge in [-0.25, -0.2) is 0 Å². The summed E-state index contributed by atoms with van der Waals surface area (Å²) in [4.78, 5) is 14.0. The molecule has 0 saturated heterocycles. The minimum absolute atomic E-state index is 0.142. The molecule has 0 spiro atoms. The SMILES string of the molecule is CCCCn1c2ccn([C@@H]3C(C)(C)[C@H]4CC[C@@]3(C)C4)c(=O)c2c2cccc(OC)c21. The second-order valence-corrected chi connectivity index (χ2v) is 10.5. The maximum absolute atomic E-state index is 14.0. The van der Waals surface area contributed by atoms with Crippen molar-refractivity contribution in [2.24, 2.45) is 16.7 Å². The third-order valence-corrected chi connectivity index (χ3v) is 8.35. The Kier molecular flexibility index (Phi) is 4.36. The highest BCUT2D eigenvalue weighted by molar-refractivity contribution is 6.09. The van der Waals surface area contributed by atoms with Crippen LogP contribution in [-0.4, -0.2) is 16.2 Å². The van der Waals surface area contributed by atoms with E-state index in [9.17, 15) is 4.79 Å². The summed E-state index contributed by atoms with van der Waals surface area (Å²) in [7, 11) is 1.72. The molecule has 2 aliphatic carbocycles. The van der Waals surface area contributed by atoms with Crippen molar-refractivity contribution < 1.29 is 4.74 Å². The van der Waals surface area contributed by atoms with Crippen LogP contribution in [0.1, 0.15) is 65.8 Å². The average molecular weight is 407 g/mol. The van der Waals surface area contributed by atoms with Crippen molar-refractivity contribution in [1.29, 1.82) is 0 Å². The smallest absolute Gasteiger partial charge is 0.260 e. The quantitative estimate of drug-likeness (QED) is 0.509. The Balaban J connectivity index is 1.80. The number of ether oxygens (including phenoxy) is 1. The van der Waals surface area contributed by atoms with E-state index in [1.165, 1.54) is 19.3 Å². The normalized spacial score (nSPS) is 27.4. The molecule has 2 bridgehead atoms. The van der Waals surface area contributed by atoms with Gasteiger partial charge in [-0.1, -0.05) is 46.2 Å². The first-order valence-electron chi connectivity index (χ1n) is 11.5. The van der Waals surface area contributed by atoms with Crippen molar-refractivity contribution in [3.63, 3.8) is 0 Å². The van der Waals surface area contributed by atoms with E-state index in [1.54, 1.807) is 7.11 Å². The topological polar surface area (TPSA) is 36.2 Å². The lowest BCUT2D eigenvalue weighted by atomic mass is 9.68. The van der Waals surface area contributed by atoms with Gasteiger partial charge in [0.2, 0.25) is 0 Å². The van der Waals surface area contributed by atoms with Gasteiger partial charge in [-0.2, -0.15) is 0 Å². The average Bonchev–Trinajstić information content (AvgIpc) is 3.32. The summed E-state index contributed by atoms with van der Waals surface area (Å²) in [6.07, 6.45) is 8.03. The van der Waals surface area contributed by atoms with Crippen LogP contribution in [0.15, 0.2) is 35.3 Å². The largest absolute Gasteiger partial charge is 0.495 e. The molecule has 3 aromatic rings. The van der Waals surface area contributed by atoms with Gasteiger partial charge < -0.3 is 13.9 Å². The van der Waals surface area contributed by atoms with Crippen LogP contribution in [0.3, 0.4) is 0 Å². The summed E-state index contributed by atoms with van der Waals surface area (Å²) in [5.74, 6) is 1.55. The Morgan fingerprint density at radius 1 is 1.20 bits per heavy atom. The standard InChI is InChI=1S/C26H34N2O2/c1-6-7-14-27-19-12-15-28(24-25(2,3)17-11-13-26(24,4)16-17)23(29)21(19)18-9-8-10-20(30-5)22(18)27/h8-10,12,15,17,24H,6-7,11,13-14,16H2,1-5H3/t17-,24+,26-/m0/s1. The van der Waals surface area contributed by atoms with E-state index in [-0.39, 0.29) is 22.4 Å². The second kappa shape index (κ2) is 6.63. The fourth-order valence-corrected chi connectivity index (χ4v) is 7.03. The number of nitrogens with zero attached hydrogens (tertiary/aromatic N) is 2. The highest BCUT2D eigenvalue weighted by atomic mass is 16.5. The highest BCUT2D eigenvalue weighted by Crippen LogP contribution is 2.67. The molecular weight excluding hydrogens is 372 g/mol. The van der Waals surface area contributed by atoms with Crippen molar-refractivity contribution in [3.05, 3.63) is 40.8 Å². The monoisotopic (exact) mass is 406 g/mol. The van der Waals surface area contributed by atoms with Gasteiger partial charge in [0.25, 0.3) is 5.56 Å². The molecule has 2 saturated carbocycles. The Morgan fingerprint density at radius 2 is 2.00 bits per heavy atom. The molecule has 2 aromatic heterocycles. The molecular formula is C26H34N2O2. The molecule has 2 heterocycles. The zero-order chi connectivity index (χ0) is 21.3. The summed E-state index contributed by atoms with van der Waals surface area (Å²) < 4.78 is 10.1. The molecule has 0 N–H and O–H groups in total. The third-order valence-electron chi connectivity index (χ3n) is 8.35. The van der Waals surface area contributed by atoms with Crippen LogP contribution >= 0.6 is 0 Å². The van der Waals surface area contributed by atoms with E-state index in [1.807, 2.05) is 12.1 Å². The van der Waals surface area contributed by atoms with Gasteiger partial charge in [-0.3, -0.25) is 4.79 Å². The summed E-state index contributed by atoms with van der Waals surface area (Å²) in [5, 5.41) is 1.87. The number of fused-ring (bicyclic) bond motifs is 5. The van der Waals surface area contributed by atoms with Gasteiger partial charge >= 0.3 is 0 Å². The van der Waals surface area contributed by atoms with Crippen molar-refractivity contribution in [1.82, 2.24) is 9.13 Å². The van der Waals surface area contributed by atoms with Gasteiger partial charge in [0.15, 0.2) is 0 Å². The highest BCUT2D eigenvalue weighted by Gasteiger charge is 2.60. The number of aryl methyl sites for hydroxylation is 1. The minimum Gasteiger partial charge on any atom is -0.495 e. The Morgan fingerprint density at radius 3 is 2.67 bits per heavy atom. The molecule has 1 aromatic carbocycles. The fourth-order valence-electron chi connectivity index (χ4n) is 7.03. The van der Waals surface area contributed by atoms with Crippen LogP contribution in [-0.2, 0) is 6.54 Å². The lowest BCUT2D eigenvalue weighted by molar-refractivity contribution is 0.0811. The van der Waals surface area contributed by atoms with Gasteiger partial charge in [0.1, 0.15) is 5.75 Å². The molecule has 3 atom stereocenters. The second-order valence-electron chi connectivity index (χ2n) is 10.5. The molecule has 4 nitrogen and oxygen atoms in total. The first-order chi connectivity index (χ1) is 14.3. The number of methoxy groups -OCH3 is 1. The molecule has 160 valence electrons. The lowest BCUT2D eigenvalue weighted by Gasteiger charge is -2.43. The van der Waals surface area contributed by atoms with Crippen molar-refractivity contribution >= 4 is 21.8 Å². The number of unbranched alkanes of at least 4 members (excludes halogenated alkanes) is 1. The van der Waals surface area contributed by atoms with Crippen LogP contribution in [0.25, 0.3) is 21.8 Å². The van der Waals surface area contributed by atoms with Crippen molar-refractivity contribution in [2.75, 3.05) is 7.11 Å². The van der Waals surface area contributed by atoms with Gasteiger partial charge in [-0.15, -0.1) is 0 Å². The Bertz CT molecular complexity index is 1180. The van der Waals surface area contributed by atoms with Gasteiger partial charge in [0, 0.05) is 24.2 Å². The first-order valence-corrected chi connectivity index (χ1v) is 11.5. The molecule has 30 heavy (non-hydrogen) atoms. The summed E-state index contributed by atoms with van der Waals surface area (Å²) in [6.45, 7) is 10.2. The zero-order valence-electron chi connectivity index (χ0n) is 19.0. The summed E-state index contributed by atoms with van der Waals surface area (Å²) >= 11 is 0. The minimum atomic E-state index is 0.142. The number of para-hydroxylation sites is 1. The van der Waals surface area contributed by atoms with E-state index >= 15 is 0 Å². The fraction of sp³-hybridized carbons (Fsp3) is 0.577. The Labute approximate surface area is 178 Å². The van der Waals surface area contributed by atoms with Crippen molar-refractivity contribution in [3.8, 4) is 5.75 Å². The predicted octanol–water partition coefficient (Wildman–Crippen LogP) is 6.15. The van der Waals surface area contributed by atoms with Crippen LogP contribution in [0.5, 0.6) is 5.75 Å². The number of hydrogen-bond acceptors (Lipinski definition) is 2. The molecule has 2 fully saturated rings. The van der Waals surface area contributed by atoms with E-state index in [4.69, 9.17) is 4.74 Å². The third kappa shape index (κ3) is 2.48. The zero-order valence-corrected chi connectivity index (χ0v) is 19.0. The number of benzene rings is 1. The van der Waals surface area contributed by atoms with Crippen molar-refractivity contribution in [2.45, 2.75) is 72.4 Å². The number of rotatable bonds is 5. The number of pyridine rings is 1. The predicted molar refractivity (Wildman–Crippen MR) is 123 cm³/mol. The molecule has 2 aliphatic rings. The maximum Gasteiger partial charge on any atom is 0.260 e. The van der Waals surface area contributed by atoms with Crippen LogP contribution in [0, 0.1) is 16.7 Å². The Hall–Kier alpha value is -2.23. The molecule has 0 unspecified atom stereocenters. The number of aromatic nitrogens is 2. The molecule has 4 heteroatoms. The molecule has 5 rings (SSSR count). The molecule has 0 amide bonds. The van der Waals surface area contributed by atoms with E-state index < -0.39 is 0 Å². The molecule has 0 radical (unpaired) electrons. The van der Waals surface area contributed by atoms with Crippen LogP contribution in [0.4, 0.5) is 0 Å². The summed E-state index contributed by atoms with van der Waals surface area (Å²) in [5.41, 5.74) is 2.60. The first kappa shape index (κ1) is 19.7. The molecule has 0 aliphatic heterocycles. The van der Waals surface area contributed by atoms with Crippen LogP contribution < -0.4 is 10.3 Å². The van der Waals surface area contributed by atoms with E-state index in [0.29, 0.717) is 5.92 Å². The van der Waals surface area contributed by atoms with Gasteiger partial charge in [-0.05, 0) is 54.6 Å². The van der Waals surface area contributed by atoms with Gasteiger partial charge in [0.05, 0.1) is 23.5 Å². The van der Waals surface area contributed by atoms with Crippen LogP contribution in [0.2, 0.25) is 0 Å².